The minimum absolute atomic E-state index is 0.268. The molecule has 1 aromatic carbocycles. The van der Waals surface area contributed by atoms with Crippen molar-refractivity contribution < 1.29 is 4.39 Å². The SMILES string of the molecule is CC(C)(C#N)Cc1ccc(F)cc1Br. The van der Waals surface area contributed by atoms with Crippen LogP contribution in [0, 0.1) is 22.6 Å². The second-order valence-electron chi connectivity index (χ2n) is 3.91. The van der Waals surface area contributed by atoms with Gasteiger partial charge in [-0.1, -0.05) is 22.0 Å². The number of nitrogens with zero attached hydrogens (tertiary/aromatic N) is 1. The van der Waals surface area contributed by atoms with Crippen LogP contribution >= 0.6 is 15.9 Å². The lowest BCUT2D eigenvalue weighted by Crippen LogP contribution is -2.12. The van der Waals surface area contributed by atoms with Gasteiger partial charge in [-0.15, -0.1) is 0 Å². The fraction of sp³-hybridized carbons (Fsp3) is 0.364. The Kier molecular flexibility index (Phi) is 3.28. The van der Waals surface area contributed by atoms with Crippen LogP contribution in [0.5, 0.6) is 0 Å². The topological polar surface area (TPSA) is 23.8 Å². The molecule has 1 nitrogen and oxygen atoms in total. The van der Waals surface area contributed by atoms with E-state index in [1.165, 1.54) is 12.1 Å². The molecular formula is C11H11BrFN. The van der Waals surface area contributed by atoms with Crippen LogP contribution in [0.3, 0.4) is 0 Å². The van der Waals surface area contributed by atoms with E-state index in [1.54, 1.807) is 6.07 Å². The molecule has 0 N–H and O–H groups in total. The molecule has 1 aromatic rings. The molecule has 0 spiro atoms. The molecule has 0 aromatic heterocycles. The third-order valence-electron chi connectivity index (χ3n) is 1.95. The van der Waals surface area contributed by atoms with E-state index in [9.17, 15) is 4.39 Å². The van der Waals surface area contributed by atoms with E-state index >= 15 is 0 Å². The number of hydrogen-bond acceptors (Lipinski definition) is 1. The third-order valence-corrected chi connectivity index (χ3v) is 2.69. The number of nitriles is 1. The predicted molar refractivity (Wildman–Crippen MR) is 57.2 cm³/mol. The Balaban J connectivity index is 2.94. The van der Waals surface area contributed by atoms with E-state index in [0.29, 0.717) is 6.42 Å². The number of hydrogen-bond donors (Lipinski definition) is 0. The number of halogens is 2. The third kappa shape index (κ3) is 2.81. The molecule has 0 atom stereocenters. The van der Waals surface area contributed by atoms with Crippen LogP contribution in [0.15, 0.2) is 22.7 Å². The molecule has 0 heterocycles. The van der Waals surface area contributed by atoms with Gasteiger partial charge >= 0.3 is 0 Å². The lowest BCUT2D eigenvalue weighted by Gasteiger charge is -2.15. The highest BCUT2D eigenvalue weighted by Gasteiger charge is 2.18. The summed E-state index contributed by atoms with van der Waals surface area (Å²) in [4.78, 5) is 0. The summed E-state index contributed by atoms with van der Waals surface area (Å²) in [6, 6.07) is 6.75. The molecule has 0 saturated carbocycles. The summed E-state index contributed by atoms with van der Waals surface area (Å²) in [5, 5.41) is 8.86. The summed E-state index contributed by atoms with van der Waals surface area (Å²) < 4.78 is 13.5. The van der Waals surface area contributed by atoms with Crippen LogP contribution in [0.25, 0.3) is 0 Å². The van der Waals surface area contributed by atoms with Gasteiger partial charge in [-0.25, -0.2) is 4.39 Å². The van der Waals surface area contributed by atoms with E-state index in [-0.39, 0.29) is 5.82 Å². The van der Waals surface area contributed by atoms with E-state index in [2.05, 4.69) is 22.0 Å². The van der Waals surface area contributed by atoms with Crippen molar-refractivity contribution in [3.63, 3.8) is 0 Å². The smallest absolute Gasteiger partial charge is 0.124 e. The zero-order valence-electron chi connectivity index (χ0n) is 8.14. The quantitative estimate of drug-likeness (QED) is 0.791. The zero-order chi connectivity index (χ0) is 10.8. The van der Waals surface area contributed by atoms with E-state index in [0.717, 1.165) is 10.0 Å². The van der Waals surface area contributed by atoms with E-state index in [1.807, 2.05) is 13.8 Å². The standard InChI is InChI=1S/C11H11BrFN/c1-11(2,7-14)6-8-3-4-9(13)5-10(8)12/h3-5H,6H2,1-2H3. The van der Waals surface area contributed by atoms with Gasteiger partial charge in [0.25, 0.3) is 0 Å². The van der Waals surface area contributed by atoms with Gasteiger partial charge in [-0.2, -0.15) is 5.26 Å². The zero-order valence-corrected chi connectivity index (χ0v) is 9.73. The first-order valence-corrected chi connectivity index (χ1v) is 5.09. The molecule has 0 radical (unpaired) electrons. The van der Waals surface area contributed by atoms with E-state index < -0.39 is 5.41 Å². The number of benzene rings is 1. The summed E-state index contributed by atoms with van der Waals surface area (Å²) in [5.74, 6) is -0.268. The minimum Gasteiger partial charge on any atom is -0.207 e. The summed E-state index contributed by atoms with van der Waals surface area (Å²) in [5.41, 5.74) is 0.540. The normalized spacial score (nSPS) is 11.1. The van der Waals surface area contributed by atoms with Gasteiger partial charge in [0.2, 0.25) is 0 Å². The summed E-state index contributed by atoms with van der Waals surface area (Å²) in [6.45, 7) is 3.73. The Morgan fingerprint density at radius 2 is 2.14 bits per heavy atom. The van der Waals surface area contributed by atoms with Crippen molar-refractivity contribution in [2.45, 2.75) is 20.3 Å². The van der Waals surface area contributed by atoms with Crippen molar-refractivity contribution in [1.29, 1.82) is 5.26 Å². The lowest BCUT2D eigenvalue weighted by molar-refractivity contribution is 0.491. The van der Waals surface area contributed by atoms with Crippen LogP contribution in [0.1, 0.15) is 19.4 Å². The minimum atomic E-state index is -0.416. The summed E-state index contributed by atoms with van der Waals surface area (Å²) >= 11 is 3.28. The van der Waals surface area contributed by atoms with Crippen LogP contribution < -0.4 is 0 Å². The molecule has 0 aliphatic carbocycles. The van der Waals surface area contributed by atoms with Gasteiger partial charge in [0.1, 0.15) is 5.82 Å². The van der Waals surface area contributed by atoms with Crippen LogP contribution in [0.4, 0.5) is 4.39 Å². The van der Waals surface area contributed by atoms with Crippen molar-refractivity contribution in [3.8, 4) is 6.07 Å². The number of rotatable bonds is 2. The fourth-order valence-corrected chi connectivity index (χ4v) is 1.67. The summed E-state index contributed by atoms with van der Waals surface area (Å²) in [7, 11) is 0. The van der Waals surface area contributed by atoms with Crippen LogP contribution in [-0.2, 0) is 6.42 Å². The Morgan fingerprint density at radius 3 is 2.64 bits per heavy atom. The Hall–Kier alpha value is -0.880. The van der Waals surface area contributed by atoms with Gasteiger partial charge in [0.15, 0.2) is 0 Å². The summed E-state index contributed by atoms with van der Waals surface area (Å²) in [6.07, 6.45) is 0.615. The molecular weight excluding hydrogens is 245 g/mol. The molecule has 1 rings (SSSR count). The maximum atomic E-state index is 12.8. The Bertz CT molecular complexity index is 379. The molecule has 14 heavy (non-hydrogen) atoms. The highest BCUT2D eigenvalue weighted by molar-refractivity contribution is 9.10. The van der Waals surface area contributed by atoms with Gasteiger partial charge in [0, 0.05) is 4.47 Å². The molecule has 0 unspecified atom stereocenters. The van der Waals surface area contributed by atoms with Crippen molar-refractivity contribution in [3.05, 3.63) is 34.1 Å². The highest BCUT2D eigenvalue weighted by atomic mass is 79.9. The molecule has 0 saturated heterocycles. The maximum Gasteiger partial charge on any atom is 0.124 e. The molecule has 0 amide bonds. The first-order chi connectivity index (χ1) is 6.44. The first-order valence-electron chi connectivity index (χ1n) is 4.30. The predicted octanol–water partition coefficient (Wildman–Crippen LogP) is 3.68. The molecule has 0 fully saturated rings. The van der Waals surface area contributed by atoms with Gasteiger partial charge < -0.3 is 0 Å². The van der Waals surface area contributed by atoms with Crippen molar-refractivity contribution in [1.82, 2.24) is 0 Å². The van der Waals surface area contributed by atoms with Gasteiger partial charge in [-0.05, 0) is 38.0 Å². The molecule has 0 aliphatic heterocycles. The second kappa shape index (κ2) is 4.10. The maximum absolute atomic E-state index is 12.8. The molecule has 74 valence electrons. The van der Waals surface area contributed by atoms with Gasteiger partial charge in [0.05, 0.1) is 11.5 Å². The highest BCUT2D eigenvalue weighted by Crippen LogP contribution is 2.26. The van der Waals surface area contributed by atoms with Crippen molar-refractivity contribution >= 4 is 15.9 Å². The largest absolute Gasteiger partial charge is 0.207 e. The van der Waals surface area contributed by atoms with Gasteiger partial charge in [-0.3, -0.25) is 0 Å². The molecule has 0 bridgehead atoms. The van der Waals surface area contributed by atoms with Crippen LogP contribution in [0.2, 0.25) is 0 Å². The monoisotopic (exact) mass is 255 g/mol. The first kappa shape index (κ1) is 11.2. The Morgan fingerprint density at radius 1 is 1.50 bits per heavy atom. The second-order valence-corrected chi connectivity index (χ2v) is 4.76. The fourth-order valence-electron chi connectivity index (χ4n) is 1.18. The molecule has 3 heteroatoms. The van der Waals surface area contributed by atoms with E-state index in [4.69, 9.17) is 5.26 Å². The van der Waals surface area contributed by atoms with Crippen molar-refractivity contribution in [2.24, 2.45) is 5.41 Å². The Labute approximate surface area is 91.7 Å². The van der Waals surface area contributed by atoms with Crippen molar-refractivity contribution in [2.75, 3.05) is 0 Å². The average Bonchev–Trinajstić information content (AvgIpc) is 2.10. The lowest BCUT2D eigenvalue weighted by atomic mass is 9.87. The molecule has 0 aliphatic rings. The van der Waals surface area contributed by atoms with Crippen LogP contribution in [-0.4, -0.2) is 0 Å². The average molecular weight is 256 g/mol.